The van der Waals surface area contributed by atoms with E-state index in [1.165, 1.54) is 22.3 Å². The maximum atomic E-state index is 13.2. The van der Waals surface area contributed by atoms with E-state index < -0.39 is 0 Å². The zero-order valence-electron chi connectivity index (χ0n) is 21.6. The van der Waals surface area contributed by atoms with E-state index in [1.807, 2.05) is 17.0 Å². The van der Waals surface area contributed by atoms with Gasteiger partial charge >= 0.3 is 6.09 Å². The Labute approximate surface area is 219 Å². The number of carbonyl (C=O) groups is 2. The second-order valence-corrected chi connectivity index (χ2v) is 10.2. The number of piperidine rings is 1. The molecular weight excluding hydrogens is 470 g/mol. The van der Waals surface area contributed by atoms with Crippen molar-refractivity contribution in [3.8, 4) is 11.1 Å². The molecule has 2 heterocycles. The van der Waals surface area contributed by atoms with Gasteiger partial charge in [0.25, 0.3) is 0 Å². The van der Waals surface area contributed by atoms with Crippen molar-refractivity contribution in [3.63, 3.8) is 0 Å². The van der Waals surface area contributed by atoms with Gasteiger partial charge in [-0.25, -0.2) is 4.79 Å². The minimum absolute atomic E-state index is 0.00307. The van der Waals surface area contributed by atoms with Gasteiger partial charge in [-0.2, -0.15) is 0 Å². The fourth-order valence-corrected chi connectivity index (χ4v) is 6.25. The average molecular weight is 508 g/mol. The van der Waals surface area contributed by atoms with Crippen LogP contribution < -0.4 is 0 Å². The molecule has 0 saturated carbocycles. The van der Waals surface area contributed by atoms with Crippen LogP contribution in [0.2, 0.25) is 0 Å². The van der Waals surface area contributed by atoms with Crippen LogP contribution in [0.15, 0.2) is 48.5 Å². The van der Waals surface area contributed by atoms with E-state index in [9.17, 15) is 9.59 Å². The lowest BCUT2D eigenvalue weighted by molar-refractivity contribution is -0.126. The number of nitrogens with zero attached hydrogens (tertiary/aromatic N) is 1. The number of Topliss-reactive ketones (excluding diaryl/α,β-unsaturated/α-hetero) is 1. The van der Waals surface area contributed by atoms with Crippen molar-refractivity contribution in [1.29, 1.82) is 0 Å². The quantitative estimate of drug-likeness (QED) is 0.384. The first-order valence-electron chi connectivity index (χ1n) is 13.5. The van der Waals surface area contributed by atoms with E-state index in [4.69, 9.17) is 18.9 Å². The lowest BCUT2D eigenvalue weighted by atomic mass is 9.86. The number of methoxy groups -OCH3 is 1. The maximum absolute atomic E-state index is 13.2. The van der Waals surface area contributed by atoms with Crippen molar-refractivity contribution in [1.82, 2.24) is 4.90 Å². The van der Waals surface area contributed by atoms with E-state index in [2.05, 4.69) is 36.4 Å². The van der Waals surface area contributed by atoms with E-state index >= 15 is 0 Å². The van der Waals surface area contributed by atoms with Crippen molar-refractivity contribution < 1.29 is 28.5 Å². The summed E-state index contributed by atoms with van der Waals surface area (Å²) >= 11 is 0. The molecule has 198 valence electrons. The summed E-state index contributed by atoms with van der Waals surface area (Å²) in [5, 5.41) is 0. The number of fused-ring (bicyclic) bond motifs is 5. The number of ketones is 1. The largest absolute Gasteiger partial charge is 0.448 e. The van der Waals surface area contributed by atoms with Crippen LogP contribution in [-0.2, 0) is 23.7 Å². The third-order valence-corrected chi connectivity index (χ3v) is 8.03. The minimum Gasteiger partial charge on any atom is -0.448 e. The first kappa shape index (κ1) is 25.9. The molecule has 2 bridgehead atoms. The van der Waals surface area contributed by atoms with E-state index in [1.54, 1.807) is 7.11 Å². The number of amides is 1. The van der Waals surface area contributed by atoms with Crippen LogP contribution in [0.1, 0.15) is 49.1 Å². The van der Waals surface area contributed by atoms with Gasteiger partial charge in [0.1, 0.15) is 12.4 Å². The summed E-state index contributed by atoms with van der Waals surface area (Å²) in [5.41, 5.74) is 4.88. The van der Waals surface area contributed by atoms with Gasteiger partial charge in [0.05, 0.1) is 33.0 Å². The minimum atomic E-state index is -0.239. The van der Waals surface area contributed by atoms with Crippen LogP contribution in [0.4, 0.5) is 4.79 Å². The van der Waals surface area contributed by atoms with Crippen LogP contribution in [0.5, 0.6) is 0 Å². The first-order valence-corrected chi connectivity index (χ1v) is 13.5. The third kappa shape index (κ3) is 5.74. The molecule has 5 rings (SSSR count). The van der Waals surface area contributed by atoms with Crippen molar-refractivity contribution in [3.05, 3.63) is 59.7 Å². The predicted octanol–water partition coefficient (Wildman–Crippen LogP) is 4.82. The molecule has 2 atom stereocenters. The summed E-state index contributed by atoms with van der Waals surface area (Å²) in [5.74, 6) is 0.291. The highest BCUT2D eigenvalue weighted by Crippen LogP contribution is 2.45. The summed E-state index contributed by atoms with van der Waals surface area (Å²) in [6.07, 6.45) is 3.49. The van der Waals surface area contributed by atoms with Crippen molar-refractivity contribution in [2.45, 2.75) is 50.1 Å². The molecule has 2 aromatic rings. The summed E-state index contributed by atoms with van der Waals surface area (Å²) in [7, 11) is 1.64. The molecule has 0 aromatic heterocycles. The van der Waals surface area contributed by atoms with Gasteiger partial charge in [-0.05, 0) is 47.9 Å². The van der Waals surface area contributed by atoms with Crippen LogP contribution in [0.3, 0.4) is 0 Å². The summed E-state index contributed by atoms with van der Waals surface area (Å²) in [6, 6.07) is 16.9. The van der Waals surface area contributed by atoms with E-state index in [0.717, 1.165) is 25.7 Å². The number of rotatable bonds is 12. The fraction of sp³-hybridized carbons (Fsp3) is 0.533. The number of hydrogen-bond acceptors (Lipinski definition) is 6. The van der Waals surface area contributed by atoms with Crippen molar-refractivity contribution >= 4 is 11.9 Å². The van der Waals surface area contributed by atoms with Gasteiger partial charge in [0.2, 0.25) is 0 Å². The molecule has 0 N–H and O–H groups in total. The molecule has 37 heavy (non-hydrogen) atoms. The highest BCUT2D eigenvalue weighted by atomic mass is 16.6. The highest BCUT2D eigenvalue weighted by Gasteiger charge is 2.46. The Morgan fingerprint density at radius 3 is 2.00 bits per heavy atom. The zero-order valence-corrected chi connectivity index (χ0v) is 21.6. The molecule has 3 aliphatic rings. The van der Waals surface area contributed by atoms with Crippen LogP contribution >= 0.6 is 0 Å². The molecule has 1 aliphatic carbocycles. The summed E-state index contributed by atoms with van der Waals surface area (Å²) in [4.78, 5) is 28.0. The third-order valence-electron chi connectivity index (χ3n) is 8.03. The molecule has 7 nitrogen and oxygen atoms in total. The summed E-state index contributed by atoms with van der Waals surface area (Å²) in [6.45, 7) is 2.83. The average Bonchev–Trinajstić information content (AvgIpc) is 3.39. The first-order chi connectivity index (χ1) is 18.2. The Kier molecular flexibility index (Phi) is 8.54. The van der Waals surface area contributed by atoms with Crippen LogP contribution in [-0.4, -0.2) is 75.6 Å². The molecule has 2 unspecified atom stereocenters. The maximum Gasteiger partial charge on any atom is 0.410 e. The van der Waals surface area contributed by atoms with Crippen molar-refractivity contribution in [2.75, 3.05) is 46.8 Å². The predicted molar refractivity (Wildman–Crippen MR) is 140 cm³/mol. The van der Waals surface area contributed by atoms with Crippen LogP contribution in [0, 0.1) is 5.92 Å². The number of carbonyl (C=O) groups excluding carboxylic acids is 2. The molecule has 0 radical (unpaired) electrons. The second kappa shape index (κ2) is 12.2. The SMILES string of the molecule is COCCOCCOCCC(=O)C1CC2CCC(C1)N2C(=O)OCC1c2ccccc2-c2ccccc21. The number of ether oxygens (including phenoxy) is 4. The Morgan fingerprint density at radius 1 is 0.811 bits per heavy atom. The second-order valence-electron chi connectivity index (χ2n) is 10.2. The fourth-order valence-electron chi connectivity index (χ4n) is 6.25. The Hall–Kier alpha value is -2.74. The Bertz CT molecular complexity index is 1030. The topological polar surface area (TPSA) is 74.3 Å². The molecule has 1 amide bonds. The Morgan fingerprint density at radius 2 is 1.38 bits per heavy atom. The Balaban J connectivity index is 1.10. The zero-order chi connectivity index (χ0) is 25.6. The molecule has 2 aromatic carbocycles. The molecule has 2 fully saturated rings. The van der Waals surface area contributed by atoms with Crippen LogP contribution in [0.25, 0.3) is 11.1 Å². The van der Waals surface area contributed by atoms with E-state index in [0.29, 0.717) is 46.1 Å². The van der Waals surface area contributed by atoms with Gasteiger partial charge in [-0.1, -0.05) is 48.5 Å². The molecular formula is C30H37NO6. The van der Waals surface area contributed by atoms with Gasteiger partial charge in [-0.15, -0.1) is 0 Å². The highest BCUT2D eigenvalue weighted by molar-refractivity contribution is 5.82. The molecule has 2 saturated heterocycles. The molecule has 0 spiro atoms. The van der Waals surface area contributed by atoms with Gasteiger partial charge in [0, 0.05) is 37.5 Å². The normalized spacial score (nSPS) is 22.1. The lowest BCUT2D eigenvalue weighted by Crippen LogP contribution is -2.48. The molecule has 7 heteroatoms. The number of benzene rings is 2. The van der Waals surface area contributed by atoms with Gasteiger partial charge in [-0.3, -0.25) is 4.79 Å². The smallest absolute Gasteiger partial charge is 0.410 e. The van der Waals surface area contributed by atoms with Gasteiger partial charge < -0.3 is 23.8 Å². The number of hydrogen-bond donors (Lipinski definition) is 0. The van der Waals surface area contributed by atoms with Gasteiger partial charge in [0.15, 0.2) is 0 Å². The van der Waals surface area contributed by atoms with E-state index in [-0.39, 0.29) is 35.8 Å². The lowest BCUT2D eigenvalue weighted by Gasteiger charge is -2.37. The molecule has 2 aliphatic heterocycles. The summed E-state index contributed by atoms with van der Waals surface area (Å²) < 4.78 is 21.8. The van der Waals surface area contributed by atoms with Crippen molar-refractivity contribution in [2.24, 2.45) is 5.92 Å². The standard InChI is InChI=1S/C30H37NO6/c1-34-14-15-36-17-16-35-13-12-29(32)21-18-22-10-11-23(19-21)31(22)30(33)37-20-28-26-8-4-2-6-24(26)25-7-3-5-9-27(25)28/h2-9,21-23,28H,10-20H2,1H3. The monoisotopic (exact) mass is 507 g/mol.